The molecule has 7 heteroatoms. The molecule has 106 valence electrons. The van der Waals surface area contributed by atoms with Gasteiger partial charge in [-0.3, -0.25) is 10.1 Å². The standard InChI is InChI=1S/C12H16ClFN2O3/c1-3-4-12(2,17)7-15-10-5-8(13)9(14)6-11(10)16(18)19/h5-6,15,17H,3-4,7H2,1-2H3. The molecular weight excluding hydrogens is 275 g/mol. The van der Waals surface area contributed by atoms with E-state index in [1.54, 1.807) is 6.92 Å². The van der Waals surface area contributed by atoms with Gasteiger partial charge in [-0.25, -0.2) is 4.39 Å². The number of halogens is 2. The molecule has 1 atom stereocenters. The number of benzene rings is 1. The Morgan fingerprint density at radius 1 is 1.58 bits per heavy atom. The number of nitrogens with zero attached hydrogens (tertiary/aromatic N) is 1. The highest BCUT2D eigenvalue weighted by atomic mass is 35.5. The molecule has 0 heterocycles. The summed E-state index contributed by atoms with van der Waals surface area (Å²) in [5.74, 6) is -0.848. The maximum atomic E-state index is 13.2. The monoisotopic (exact) mass is 290 g/mol. The molecule has 0 saturated carbocycles. The fourth-order valence-corrected chi connectivity index (χ4v) is 1.91. The van der Waals surface area contributed by atoms with Crippen molar-refractivity contribution in [2.45, 2.75) is 32.3 Å². The molecule has 0 bridgehead atoms. The molecule has 0 aliphatic rings. The summed E-state index contributed by atoms with van der Waals surface area (Å²) >= 11 is 5.60. The van der Waals surface area contributed by atoms with Crippen LogP contribution in [0, 0.1) is 15.9 Å². The third kappa shape index (κ3) is 4.33. The number of nitro groups is 1. The lowest BCUT2D eigenvalue weighted by Crippen LogP contribution is -2.33. The van der Waals surface area contributed by atoms with Crippen LogP contribution in [0.3, 0.4) is 0 Å². The molecular formula is C12H16ClFN2O3. The number of hydrogen-bond acceptors (Lipinski definition) is 4. The Bertz CT molecular complexity index is 480. The number of rotatable bonds is 6. The van der Waals surface area contributed by atoms with E-state index in [-0.39, 0.29) is 17.3 Å². The van der Waals surface area contributed by atoms with Gasteiger partial charge in [-0.2, -0.15) is 0 Å². The van der Waals surface area contributed by atoms with Crippen molar-refractivity contribution in [2.24, 2.45) is 0 Å². The minimum absolute atomic E-state index is 0.0905. The highest BCUT2D eigenvalue weighted by Gasteiger charge is 2.22. The van der Waals surface area contributed by atoms with Crippen LogP contribution in [0.15, 0.2) is 12.1 Å². The molecule has 19 heavy (non-hydrogen) atoms. The molecule has 0 radical (unpaired) electrons. The van der Waals surface area contributed by atoms with E-state index in [4.69, 9.17) is 11.6 Å². The maximum Gasteiger partial charge on any atom is 0.295 e. The van der Waals surface area contributed by atoms with Crippen molar-refractivity contribution in [3.63, 3.8) is 0 Å². The summed E-state index contributed by atoms with van der Waals surface area (Å²) < 4.78 is 13.2. The lowest BCUT2D eigenvalue weighted by atomic mass is 10.0. The van der Waals surface area contributed by atoms with Crippen LogP contribution >= 0.6 is 11.6 Å². The number of anilines is 1. The second-order valence-corrected chi connectivity index (χ2v) is 5.05. The lowest BCUT2D eigenvalue weighted by molar-refractivity contribution is -0.384. The number of aliphatic hydroxyl groups is 1. The lowest BCUT2D eigenvalue weighted by Gasteiger charge is -2.23. The van der Waals surface area contributed by atoms with Gasteiger partial charge in [0.15, 0.2) is 0 Å². The molecule has 0 saturated heterocycles. The SMILES string of the molecule is CCCC(C)(O)CNc1cc(Cl)c(F)cc1[N+](=O)[O-]. The van der Waals surface area contributed by atoms with Gasteiger partial charge in [0, 0.05) is 6.54 Å². The van der Waals surface area contributed by atoms with Gasteiger partial charge in [-0.15, -0.1) is 0 Å². The van der Waals surface area contributed by atoms with Gasteiger partial charge in [0.25, 0.3) is 5.69 Å². The first-order chi connectivity index (χ1) is 8.76. The third-order valence-corrected chi connectivity index (χ3v) is 2.97. The molecule has 1 aromatic carbocycles. The smallest absolute Gasteiger partial charge is 0.295 e. The first-order valence-electron chi connectivity index (χ1n) is 5.86. The zero-order valence-corrected chi connectivity index (χ0v) is 11.5. The summed E-state index contributed by atoms with van der Waals surface area (Å²) in [5.41, 5.74) is -1.31. The van der Waals surface area contributed by atoms with Gasteiger partial charge >= 0.3 is 0 Å². The van der Waals surface area contributed by atoms with Crippen LogP contribution in [-0.4, -0.2) is 22.2 Å². The van der Waals surface area contributed by atoms with E-state index in [9.17, 15) is 19.6 Å². The summed E-state index contributed by atoms with van der Waals surface area (Å²) in [6.45, 7) is 3.66. The fourth-order valence-electron chi connectivity index (χ4n) is 1.74. The van der Waals surface area contributed by atoms with Crippen LogP contribution in [0.5, 0.6) is 0 Å². The van der Waals surface area contributed by atoms with Crippen LogP contribution in [0.2, 0.25) is 5.02 Å². The first kappa shape index (κ1) is 15.7. The van der Waals surface area contributed by atoms with Crippen LogP contribution in [0.25, 0.3) is 0 Å². The van der Waals surface area contributed by atoms with Crippen LogP contribution < -0.4 is 5.32 Å². The van der Waals surface area contributed by atoms with Crippen molar-refractivity contribution in [3.05, 3.63) is 33.1 Å². The van der Waals surface area contributed by atoms with Gasteiger partial charge in [0.1, 0.15) is 11.5 Å². The summed E-state index contributed by atoms with van der Waals surface area (Å²) in [5, 5.41) is 23.4. The Kier molecular flexibility index (Phi) is 5.08. The minimum Gasteiger partial charge on any atom is -0.388 e. The van der Waals surface area contributed by atoms with Gasteiger partial charge < -0.3 is 10.4 Å². The van der Waals surface area contributed by atoms with Gasteiger partial charge in [-0.05, 0) is 19.4 Å². The van der Waals surface area contributed by atoms with E-state index < -0.39 is 22.0 Å². The Morgan fingerprint density at radius 2 is 2.21 bits per heavy atom. The zero-order chi connectivity index (χ0) is 14.6. The van der Waals surface area contributed by atoms with Gasteiger partial charge in [0.05, 0.1) is 21.6 Å². The van der Waals surface area contributed by atoms with Crippen molar-refractivity contribution in [1.29, 1.82) is 0 Å². The molecule has 0 amide bonds. The number of nitro benzene ring substituents is 1. The molecule has 5 nitrogen and oxygen atoms in total. The van der Waals surface area contributed by atoms with Crippen molar-refractivity contribution in [1.82, 2.24) is 0 Å². The van der Waals surface area contributed by atoms with E-state index >= 15 is 0 Å². The Labute approximate surface area is 115 Å². The topological polar surface area (TPSA) is 75.4 Å². The molecule has 1 aromatic rings. The summed E-state index contributed by atoms with van der Waals surface area (Å²) in [6, 6.07) is 1.91. The summed E-state index contributed by atoms with van der Waals surface area (Å²) in [4.78, 5) is 10.1. The molecule has 0 aromatic heterocycles. The van der Waals surface area contributed by atoms with E-state index in [0.717, 1.165) is 18.6 Å². The molecule has 1 rings (SSSR count). The van der Waals surface area contributed by atoms with Crippen LogP contribution in [0.4, 0.5) is 15.8 Å². The van der Waals surface area contributed by atoms with Gasteiger partial charge in [0.2, 0.25) is 0 Å². The largest absolute Gasteiger partial charge is 0.388 e. The predicted molar refractivity (Wildman–Crippen MR) is 72.1 cm³/mol. The Morgan fingerprint density at radius 3 is 2.74 bits per heavy atom. The first-order valence-corrected chi connectivity index (χ1v) is 6.24. The number of nitrogens with one attached hydrogen (secondary N) is 1. The van der Waals surface area contributed by atoms with Crippen molar-refractivity contribution < 1.29 is 14.4 Å². The molecule has 0 spiro atoms. The number of hydrogen-bond donors (Lipinski definition) is 2. The quantitative estimate of drug-likeness (QED) is 0.622. The minimum atomic E-state index is -0.997. The van der Waals surface area contributed by atoms with Crippen LogP contribution in [-0.2, 0) is 0 Å². The highest BCUT2D eigenvalue weighted by molar-refractivity contribution is 6.31. The zero-order valence-electron chi connectivity index (χ0n) is 10.7. The molecule has 0 fully saturated rings. The molecule has 0 aliphatic carbocycles. The molecule has 0 aliphatic heterocycles. The van der Waals surface area contributed by atoms with Crippen LogP contribution in [0.1, 0.15) is 26.7 Å². The predicted octanol–water partition coefficient (Wildman–Crippen LogP) is 3.35. The fraction of sp³-hybridized carbons (Fsp3) is 0.500. The molecule has 1 unspecified atom stereocenters. The van der Waals surface area contributed by atoms with Crippen molar-refractivity contribution >= 4 is 23.0 Å². The molecule has 2 N–H and O–H groups in total. The van der Waals surface area contributed by atoms with Gasteiger partial charge in [-0.1, -0.05) is 24.9 Å². The normalized spacial score (nSPS) is 13.9. The van der Waals surface area contributed by atoms with E-state index in [0.29, 0.717) is 6.42 Å². The second-order valence-electron chi connectivity index (χ2n) is 4.64. The van der Waals surface area contributed by atoms with Crippen molar-refractivity contribution in [2.75, 3.05) is 11.9 Å². The Balaban J connectivity index is 2.94. The van der Waals surface area contributed by atoms with E-state index in [1.165, 1.54) is 0 Å². The highest BCUT2D eigenvalue weighted by Crippen LogP contribution is 2.30. The summed E-state index contributed by atoms with van der Waals surface area (Å²) in [7, 11) is 0. The Hall–Kier alpha value is -1.40. The van der Waals surface area contributed by atoms with E-state index in [2.05, 4.69) is 5.32 Å². The maximum absolute atomic E-state index is 13.2. The summed E-state index contributed by atoms with van der Waals surface area (Å²) in [6.07, 6.45) is 1.32. The van der Waals surface area contributed by atoms with E-state index in [1.807, 2.05) is 6.92 Å². The van der Waals surface area contributed by atoms with Crippen molar-refractivity contribution in [3.8, 4) is 0 Å². The third-order valence-electron chi connectivity index (χ3n) is 2.68. The second kappa shape index (κ2) is 6.16. The average molecular weight is 291 g/mol. The average Bonchev–Trinajstić information content (AvgIpc) is 2.30.